The van der Waals surface area contributed by atoms with Crippen LogP contribution in [0.2, 0.25) is 0 Å². The van der Waals surface area contributed by atoms with Crippen LogP contribution in [0.15, 0.2) is 30.3 Å². The number of rotatable bonds is 3. The van der Waals surface area contributed by atoms with Gasteiger partial charge in [0.1, 0.15) is 4.88 Å². The van der Waals surface area contributed by atoms with Crippen molar-refractivity contribution in [3.8, 4) is 0 Å². The molecule has 0 fully saturated rings. The molecule has 0 saturated carbocycles. The van der Waals surface area contributed by atoms with Crippen molar-refractivity contribution in [2.75, 3.05) is 6.73 Å². The summed E-state index contributed by atoms with van der Waals surface area (Å²) < 4.78 is 5.25. The number of nitrogens with zero attached hydrogens (tertiary/aromatic N) is 1. The van der Waals surface area contributed by atoms with Crippen molar-refractivity contribution in [3.63, 3.8) is 0 Å². The van der Waals surface area contributed by atoms with E-state index in [4.69, 9.17) is 4.74 Å². The average Bonchev–Trinajstić information content (AvgIpc) is 3.04. The Morgan fingerprint density at radius 1 is 1.04 bits per heavy atom. The first-order chi connectivity index (χ1) is 12.1. The topological polar surface area (TPSA) is 63.7 Å². The van der Waals surface area contributed by atoms with Gasteiger partial charge in [-0.25, -0.2) is 9.69 Å². The lowest BCUT2D eigenvalue weighted by atomic mass is 10.1. The molecule has 5 nitrogen and oxygen atoms in total. The smallest absolute Gasteiger partial charge is 0.350 e. The molecule has 0 bridgehead atoms. The Kier molecular flexibility index (Phi) is 4.13. The molecule has 6 heteroatoms. The van der Waals surface area contributed by atoms with E-state index < -0.39 is 17.8 Å². The molecule has 0 atom stereocenters. The first-order valence-corrected chi connectivity index (χ1v) is 9.21. The number of esters is 1. The van der Waals surface area contributed by atoms with Gasteiger partial charge in [-0.3, -0.25) is 9.59 Å². The molecule has 2 amide bonds. The maximum atomic E-state index is 12.3. The molecule has 25 heavy (non-hydrogen) atoms. The highest BCUT2D eigenvalue weighted by molar-refractivity contribution is 7.14. The quantitative estimate of drug-likeness (QED) is 0.481. The predicted octanol–water partition coefficient (Wildman–Crippen LogP) is 3.43. The summed E-state index contributed by atoms with van der Waals surface area (Å²) in [6.45, 7) is -0.353. The summed E-state index contributed by atoms with van der Waals surface area (Å²) >= 11 is 1.47. The van der Waals surface area contributed by atoms with Gasteiger partial charge in [-0.2, -0.15) is 0 Å². The fourth-order valence-corrected chi connectivity index (χ4v) is 4.47. The van der Waals surface area contributed by atoms with Crippen LogP contribution in [0.5, 0.6) is 0 Å². The number of amides is 2. The second kappa shape index (κ2) is 6.44. The molecule has 0 unspecified atom stereocenters. The minimum atomic E-state index is -0.477. The Balaban J connectivity index is 1.45. The number of hydrogen-bond donors (Lipinski definition) is 0. The van der Waals surface area contributed by atoms with Crippen molar-refractivity contribution in [1.29, 1.82) is 0 Å². The van der Waals surface area contributed by atoms with Crippen LogP contribution in [0.3, 0.4) is 0 Å². The van der Waals surface area contributed by atoms with Crippen LogP contribution in [0.1, 0.15) is 60.1 Å². The highest BCUT2D eigenvalue weighted by Gasteiger charge is 2.36. The molecule has 0 spiro atoms. The molecule has 1 aromatic heterocycles. The van der Waals surface area contributed by atoms with E-state index >= 15 is 0 Å². The molecule has 1 aromatic carbocycles. The second-order valence-corrected chi connectivity index (χ2v) is 7.40. The molecule has 2 aromatic rings. The SMILES string of the molecule is O=C(OCN1C(=O)c2ccccc2C1=O)c1cc2c(s1)CCCCC2. The summed E-state index contributed by atoms with van der Waals surface area (Å²) in [7, 11) is 0. The molecule has 1 aliphatic carbocycles. The third-order valence-corrected chi connectivity index (χ3v) is 5.87. The van der Waals surface area contributed by atoms with Crippen LogP contribution in [0.25, 0.3) is 0 Å². The van der Waals surface area contributed by atoms with Crippen LogP contribution < -0.4 is 0 Å². The fourth-order valence-electron chi connectivity index (χ4n) is 3.32. The molecular weight excluding hydrogens is 338 g/mol. The highest BCUT2D eigenvalue weighted by Crippen LogP contribution is 2.29. The number of thiophene rings is 1. The Hall–Kier alpha value is -2.47. The second-order valence-electron chi connectivity index (χ2n) is 6.26. The van der Waals surface area contributed by atoms with Gasteiger partial charge in [0.15, 0.2) is 6.73 Å². The summed E-state index contributed by atoms with van der Waals surface area (Å²) in [4.78, 5) is 39.6. The summed E-state index contributed by atoms with van der Waals surface area (Å²) in [6.07, 6.45) is 5.52. The summed E-state index contributed by atoms with van der Waals surface area (Å²) in [6, 6.07) is 8.52. The zero-order valence-corrected chi connectivity index (χ0v) is 14.4. The highest BCUT2D eigenvalue weighted by atomic mass is 32.1. The molecule has 128 valence electrons. The Morgan fingerprint density at radius 2 is 1.72 bits per heavy atom. The normalized spacial score (nSPS) is 16.4. The molecule has 2 heterocycles. The van der Waals surface area contributed by atoms with Crippen LogP contribution in [0.4, 0.5) is 0 Å². The third-order valence-electron chi connectivity index (χ3n) is 4.65. The van der Waals surface area contributed by atoms with Crippen molar-refractivity contribution in [2.24, 2.45) is 0 Å². The van der Waals surface area contributed by atoms with E-state index in [2.05, 4.69) is 0 Å². The van der Waals surface area contributed by atoms with E-state index in [1.807, 2.05) is 6.07 Å². The maximum absolute atomic E-state index is 12.3. The van der Waals surface area contributed by atoms with E-state index in [1.54, 1.807) is 24.3 Å². The van der Waals surface area contributed by atoms with Gasteiger partial charge in [0.25, 0.3) is 11.8 Å². The number of carbonyl (C=O) groups excluding carboxylic acids is 3. The third kappa shape index (κ3) is 2.87. The number of aryl methyl sites for hydroxylation is 2. The summed E-state index contributed by atoms with van der Waals surface area (Å²) in [5.41, 5.74) is 1.94. The number of carbonyl (C=O) groups is 3. The number of fused-ring (bicyclic) bond motifs is 2. The number of benzene rings is 1. The van der Waals surface area contributed by atoms with E-state index in [0.29, 0.717) is 16.0 Å². The largest absolute Gasteiger partial charge is 0.439 e. The van der Waals surface area contributed by atoms with Crippen molar-refractivity contribution in [3.05, 3.63) is 56.8 Å². The zero-order chi connectivity index (χ0) is 17.4. The summed E-state index contributed by atoms with van der Waals surface area (Å²) in [5, 5.41) is 0. The molecule has 0 N–H and O–H groups in total. The van der Waals surface area contributed by atoms with E-state index in [9.17, 15) is 14.4 Å². The number of ether oxygens (including phenoxy) is 1. The number of imide groups is 1. The van der Waals surface area contributed by atoms with Crippen LogP contribution in [-0.4, -0.2) is 29.4 Å². The molecule has 0 saturated heterocycles. The minimum Gasteiger partial charge on any atom is -0.439 e. The van der Waals surface area contributed by atoms with Gasteiger partial charge in [-0.1, -0.05) is 18.6 Å². The van der Waals surface area contributed by atoms with Gasteiger partial charge >= 0.3 is 5.97 Å². The van der Waals surface area contributed by atoms with Crippen LogP contribution in [-0.2, 0) is 17.6 Å². The maximum Gasteiger partial charge on any atom is 0.350 e. The standard InChI is InChI=1S/C19H17NO4S/c21-17-13-7-4-5-8-14(13)18(22)20(17)11-24-19(23)16-10-12-6-2-1-3-9-15(12)25-16/h4-5,7-8,10H,1-3,6,9,11H2. The van der Waals surface area contributed by atoms with Crippen molar-refractivity contribution in [1.82, 2.24) is 4.90 Å². The van der Waals surface area contributed by atoms with Gasteiger partial charge in [-0.15, -0.1) is 11.3 Å². The van der Waals surface area contributed by atoms with Gasteiger partial charge in [0.2, 0.25) is 0 Å². The fraction of sp³-hybridized carbons (Fsp3) is 0.316. The predicted molar refractivity (Wildman–Crippen MR) is 92.8 cm³/mol. The lowest BCUT2D eigenvalue weighted by Crippen LogP contribution is -2.33. The molecule has 2 aliphatic rings. The van der Waals surface area contributed by atoms with Crippen LogP contribution >= 0.6 is 11.3 Å². The Morgan fingerprint density at radius 3 is 2.44 bits per heavy atom. The lowest BCUT2D eigenvalue weighted by molar-refractivity contribution is 0.0232. The minimum absolute atomic E-state index is 0.353. The first-order valence-electron chi connectivity index (χ1n) is 8.39. The van der Waals surface area contributed by atoms with E-state index in [-0.39, 0.29) is 6.73 Å². The Bertz CT molecular complexity index is 812. The van der Waals surface area contributed by atoms with Gasteiger partial charge in [0, 0.05) is 4.88 Å². The Labute approximate surface area is 149 Å². The first kappa shape index (κ1) is 16.0. The molecule has 0 radical (unpaired) electrons. The van der Waals surface area contributed by atoms with Crippen molar-refractivity contribution >= 4 is 29.1 Å². The van der Waals surface area contributed by atoms with E-state index in [0.717, 1.165) is 30.6 Å². The van der Waals surface area contributed by atoms with Gasteiger partial charge in [0.05, 0.1) is 11.1 Å². The molecule has 1 aliphatic heterocycles. The van der Waals surface area contributed by atoms with E-state index in [1.165, 1.54) is 28.2 Å². The van der Waals surface area contributed by atoms with Crippen molar-refractivity contribution < 1.29 is 19.1 Å². The van der Waals surface area contributed by atoms with Gasteiger partial charge < -0.3 is 4.74 Å². The van der Waals surface area contributed by atoms with Gasteiger partial charge in [-0.05, 0) is 49.4 Å². The zero-order valence-electron chi connectivity index (χ0n) is 13.6. The molecule has 4 rings (SSSR count). The monoisotopic (exact) mass is 355 g/mol. The molecular formula is C19H17NO4S. The summed E-state index contributed by atoms with van der Waals surface area (Å²) in [5.74, 6) is -1.32. The van der Waals surface area contributed by atoms with Crippen molar-refractivity contribution in [2.45, 2.75) is 32.1 Å². The average molecular weight is 355 g/mol. The lowest BCUT2D eigenvalue weighted by Gasteiger charge is -2.13. The number of hydrogen-bond acceptors (Lipinski definition) is 5. The van der Waals surface area contributed by atoms with Crippen LogP contribution in [0, 0.1) is 0 Å².